The van der Waals surface area contributed by atoms with Gasteiger partial charge in [-0.05, 0) is 25.0 Å². The normalized spacial score (nSPS) is 16.6. The number of hydrogen-bond acceptors (Lipinski definition) is 2. The number of halogens is 2. The molecule has 1 saturated carbocycles. The SMILES string of the molecule is O=C(NC1CCCCC1)c1cc(Cl)c(O)c(Cl)c1. The van der Waals surface area contributed by atoms with E-state index in [1.807, 2.05) is 0 Å². The average Bonchev–Trinajstić information content (AvgIpc) is 2.36. The summed E-state index contributed by atoms with van der Waals surface area (Å²) in [5.74, 6) is -0.377. The number of amides is 1. The molecule has 0 spiro atoms. The van der Waals surface area contributed by atoms with Gasteiger partial charge >= 0.3 is 0 Å². The van der Waals surface area contributed by atoms with Crippen LogP contribution in [0, 0.1) is 0 Å². The van der Waals surface area contributed by atoms with Crippen LogP contribution in [0.3, 0.4) is 0 Å². The maximum Gasteiger partial charge on any atom is 0.251 e. The van der Waals surface area contributed by atoms with Gasteiger partial charge in [0.25, 0.3) is 5.91 Å². The Hall–Kier alpha value is -0.930. The standard InChI is InChI=1S/C13H15Cl2NO2/c14-10-6-8(7-11(15)12(10)17)13(18)16-9-4-2-1-3-5-9/h6-7,9,17H,1-5H2,(H,16,18). The third kappa shape index (κ3) is 3.09. The van der Waals surface area contributed by atoms with Gasteiger partial charge in [-0.2, -0.15) is 0 Å². The number of carbonyl (C=O) groups excluding carboxylic acids is 1. The first kappa shape index (κ1) is 13.5. The van der Waals surface area contributed by atoms with E-state index in [0.29, 0.717) is 5.56 Å². The number of phenolic OH excluding ortho intramolecular Hbond substituents is 1. The molecule has 1 amide bonds. The van der Waals surface area contributed by atoms with Crippen molar-refractivity contribution in [2.45, 2.75) is 38.1 Å². The van der Waals surface area contributed by atoms with E-state index in [4.69, 9.17) is 23.2 Å². The molecule has 1 aromatic carbocycles. The van der Waals surface area contributed by atoms with Gasteiger partial charge < -0.3 is 10.4 Å². The van der Waals surface area contributed by atoms with Crippen molar-refractivity contribution < 1.29 is 9.90 Å². The number of aromatic hydroxyl groups is 1. The zero-order valence-electron chi connectivity index (χ0n) is 9.88. The lowest BCUT2D eigenvalue weighted by Crippen LogP contribution is -2.36. The van der Waals surface area contributed by atoms with Gasteiger partial charge in [0.15, 0.2) is 5.75 Å². The van der Waals surface area contributed by atoms with Crippen molar-refractivity contribution in [3.8, 4) is 5.75 Å². The fraction of sp³-hybridized carbons (Fsp3) is 0.462. The minimum absolute atomic E-state index is 0.0938. The Morgan fingerprint density at radius 3 is 2.28 bits per heavy atom. The summed E-state index contributed by atoms with van der Waals surface area (Å²) in [6.07, 6.45) is 5.59. The summed E-state index contributed by atoms with van der Waals surface area (Å²) in [4.78, 5) is 12.0. The van der Waals surface area contributed by atoms with Crippen LogP contribution in [0.5, 0.6) is 5.75 Å². The molecule has 0 bridgehead atoms. The maximum atomic E-state index is 12.0. The van der Waals surface area contributed by atoms with Gasteiger partial charge in [-0.1, -0.05) is 42.5 Å². The smallest absolute Gasteiger partial charge is 0.251 e. The Balaban J connectivity index is 2.08. The monoisotopic (exact) mass is 287 g/mol. The molecule has 0 unspecified atom stereocenters. The lowest BCUT2D eigenvalue weighted by molar-refractivity contribution is 0.0927. The van der Waals surface area contributed by atoms with Gasteiger partial charge in [-0.15, -0.1) is 0 Å². The highest BCUT2D eigenvalue weighted by molar-refractivity contribution is 6.37. The summed E-state index contributed by atoms with van der Waals surface area (Å²) in [6.45, 7) is 0. The van der Waals surface area contributed by atoms with E-state index < -0.39 is 0 Å². The van der Waals surface area contributed by atoms with Crippen LogP contribution in [0.15, 0.2) is 12.1 Å². The molecule has 1 fully saturated rings. The van der Waals surface area contributed by atoms with Crippen LogP contribution in [-0.4, -0.2) is 17.1 Å². The number of nitrogens with one attached hydrogen (secondary N) is 1. The molecule has 1 aromatic rings. The lowest BCUT2D eigenvalue weighted by atomic mass is 9.95. The predicted octanol–water partition coefficient (Wildman–Crippen LogP) is 3.76. The van der Waals surface area contributed by atoms with Gasteiger partial charge in [0.05, 0.1) is 10.0 Å². The van der Waals surface area contributed by atoms with Crippen molar-refractivity contribution >= 4 is 29.1 Å². The van der Waals surface area contributed by atoms with E-state index >= 15 is 0 Å². The second-order valence-electron chi connectivity index (χ2n) is 4.60. The Kier molecular flexibility index (Phi) is 4.36. The molecule has 3 nitrogen and oxygen atoms in total. The van der Waals surface area contributed by atoms with Crippen molar-refractivity contribution in [1.29, 1.82) is 0 Å². The van der Waals surface area contributed by atoms with Crippen molar-refractivity contribution in [3.63, 3.8) is 0 Å². The van der Waals surface area contributed by atoms with Crippen LogP contribution in [0.25, 0.3) is 0 Å². The first-order valence-electron chi connectivity index (χ1n) is 6.07. The van der Waals surface area contributed by atoms with Crippen LogP contribution >= 0.6 is 23.2 Å². The molecule has 1 aliphatic carbocycles. The number of rotatable bonds is 2. The molecule has 0 aromatic heterocycles. The van der Waals surface area contributed by atoms with Crippen LogP contribution in [0.1, 0.15) is 42.5 Å². The highest BCUT2D eigenvalue weighted by Crippen LogP contribution is 2.32. The van der Waals surface area contributed by atoms with Crippen molar-refractivity contribution in [2.75, 3.05) is 0 Å². The van der Waals surface area contributed by atoms with Crippen molar-refractivity contribution in [2.24, 2.45) is 0 Å². The number of carbonyl (C=O) groups is 1. The second-order valence-corrected chi connectivity index (χ2v) is 5.41. The lowest BCUT2D eigenvalue weighted by Gasteiger charge is -2.22. The van der Waals surface area contributed by atoms with E-state index in [9.17, 15) is 9.90 Å². The Bertz CT molecular complexity index is 433. The van der Waals surface area contributed by atoms with E-state index in [0.717, 1.165) is 25.7 Å². The Labute approximate surface area is 116 Å². The molecule has 98 valence electrons. The quantitative estimate of drug-likeness (QED) is 0.870. The van der Waals surface area contributed by atoms with Crippen LogP contribution in [0.2, 0.25) is 10.0 Å². The fourth-order valence-corrected chi connectivity index (χ4v) is 2.70. The Morgan fingerprint density at radius 2 is 1.72 bits per heavy atom. The maximum absolute atomic E-state index is 12.0. The third-order valence-electron chi connectivity index (χ3n) is 3.22. The minimum atomic E-state index is -0.189. The number of hydrogen-bond donors (Lipinski definition) is 2. The second kappa shape index (κ2) is 5.81. The summed E-state index contributed by atoms with van der Waals surface area (Å²) in [7, 11) is 0. The molecule has 5 heteroatoms. The van der Waals surface area contributed by atoms with Gasteiger partial charge in [0.1, 0.15) is 0 Å². The van der Waals surface area contributed by atoms with Crippen molar-refractivity contribution in [1.82, 2.24) is 5.32 Å². The predicted molar refractivity (Wildman–Crippen MR) is 72.5 cm³/mol. The highest BCUT2D eigenvalue weighted by Gasteiger charge is 2.18. The number of benzene rings is 1. The summed E-state index contributed by atoms with van der Waals surface area (Å²) in [5.41, 5.74) is 0.383. The molecule has 0 atom stereocenters. The van der Waals surface area contributed by atoms with E-state index in [2.05, 4.69) is 5.32 Å². The first-order valence-corrected chi connectivity index (χ1v) is 6.82. The molecule has 2 rings (SSSR count). The van der Waals surface area contributed by atoms with Gasteiger partial charge in [0.2, 0.25) is 0 Å². The molecule has 0 saturated heterocycles. The fourth-order valence-electron chi connectivity index (χ4n) is 2.21. The van der Waals surface area contributed by atoms with Crippen molar-refractivity contribution in [3.05, 3.63) is 27.7 Å². The molecule has 0 aliphatic heterocycles. The summed E-state index contributed by atoms with van der Waals surface area (Å²) >= 11 is 11.6. The van der Waals surface area contributed by atoms with Gasteiger partial charge in [-0.25, -0.2) is 0 Å². The average molecular weight is 288 g/mol. The van der Waals surface area contributed by atoms with Crippen LogP contribution in [-0.2, 0) is 0 Å². The summed E-state index contributed by atoms with van der Waals surface area (Å²) < 4.78 is 0. The van der Waals surface area contributed by atoms with E-state index in [1.165, 1.54) is 18.6 Å². The van der Waals surface area contributed by atoms with E-state index in [-0.39, 0.29) is 27.7 Å². The minimum Gasteiger partial charge on any atom is -0.505 e. The molecular weight excluding hydrogens is 273 g/mol. The number of phenols is 1. The Morgan fingerprint density at radius 1 is 1.17 bits per heavy atom. The molecule has 18 heavy (non-hydrogen) atoms. The summed E-state index contributed by atoms with van der Waals surface area (Å²) in [5, 5.41) is 12.6. The molecule has 0 radical (unpaired) electrons. The first-order chi connectivity index (χ1) is 8.58. The zero-order chi connectivity index (χ0) is 13.1. The highest BCUT2D eigenvalue weighted by atomic mass is 35.5. The molecule has 2 N–H and O–H groups in total. The van der Waals surface area contributed by atoms with Crippen LogP contribution < -0.4 is 5.32 Å². The largest absolute Gasteiger partial charge is 0.505 e. The van der Waals surface area contributed by atoms with Gasteiger partial charge in [0, 0.05) is 11.6 Å². The third-order valence-corrected chi connectivity index (χ3v) is 3.80. The zero-order valence-corrected chi connectivity index (χ0v) is 11.4. The van der Waals surface area contributed by atoms with Gasteiger partial charge in [-0.3, -0.25) is 4.79 Å². The topological polar surface area (TPSA) is 49.3 Å². The molecule has 0 heterocycles. The molecular formula is C13H15Cl2NO2. The molecule has 1 aliphatic rings. The van der Waals surface area contributed by atoms with E-state index in [1.54, 1.807) is 0 Å². The summed E-state index contributed by atoms with van der Waals surface area (Å²) in [6, 6.07) is 3.10. The van der Waals surface area contributed by atoms with Crippen LogP contribution in [0.4, 0.5) is 0 Å².